The van der Waals surface area contributed by atoms with E-state index in [-0.39, 0.29) is 24.0 Å². The number of likely N-dealkylation sites (tertiary alicyclic amines) is 1. The van der Waals surface area contributed by atoms with Crippen LogP contribution in [0, 0.1) is 12.8 Å². The van der Waals surface area contributed by atoms with Crippen molar-refractivity contribution in [3.05, 3.63) is 76.5 Å². The molecule has 2 aliphatic heterocycles. The molecule has 0 radical (unpaired) electrons. The highest BCUT2D eigenvalue weighted by Crippen LogP contribution is 2.34. The highest BCUT2D eigenvalue weighted by atomic mass is 16.5. The molecule has 2 unspecified atom stereocenters. The largest absolute Gasteiger partial charge is 0.482 e. The standard InChI is InChI=1S/C30H36N2O3/c1-21-14-16-31(17-15-21)29(33)25-12-10-23(11-13-25)19-28-30(34)32(20-24-7-5-6-22(2)18-24)26-8-3-4-9-27(26)35-28/h5-7,10-13,18-19,21,26-27H,3-4,8-9,14-17,20H2,1-2H3/b28-19+. The zero-order valence-electron chi connectivity index (χ0n) is 20.9. The molecule has 2 aromatic carbocycles. The van der Waals surface area contributed by atoms with Crippen LogP contribution < -0.4 is 0 Å². The molecule has 5 rings (SSSR count). The van der Waals surface area contributed by atoms with Gasteiger partial charge in [0.05, 0.1) is 6.04 Å². The van der Waals surface area contributed by atoms with Gasteiger partial charge in [-0.3, -0.25) is 9.59 Å². The summed E-state index contributed by atoms with van der Waals surface area (Å²) in [7, 11) is 0. The van der Waals surface area contributed by atoms with Crippen LogP contribution in [0.2, 0.25) is 0 Å². The Labute approximate surface area is 208 Å². The highest BCUT2D eigenvalue weighted by molar-refractivity contribution is 5.97. The molecule has 2 atom stereocenters. The molecule has 5 heteroatoms. The lowest BCUT2D eigenvalue weighted by atomic mass is 9.89. The predicted octanol–water partition coefficient (Wildman–Crippen LogP) is 5.58. The normalized spacial score (nSPS) is 24.3. The smallest absolute Gasteiger partial charge is 0.289 e. The average Bonchev–Trinajstić information content (AvgIpc) is 2.87. The van der Waals surface area contributed by atoms with E-state index >= 15 is 0 Å². The molecule has 5 nitrogen and oxygen atoms in total. The Morgan fingerprint density at radius 1 is 1.03 bits per heavy atom. The fourth-order valence-electron chi connectivity index (χ4n) is 5.64. The Balaban J connectivity index is 1.34. The third kappa shape index (κ3) is 5.29. The first kappa shape index (κ1) is 23.7. The maximum Gasteiger partial charge on any atom is 0.289 e. The predicted molar refractivity (Wildman–Crippen MR) is 138 cm³/mol. The van der Waals surface area contributed by atoms with Crippen molar-refractivity contribution in [3.63, 3.8) is 0 Å². The Hall–Kier alpha value is -3.08. The number of carbonyl (C=O) groups excluding carboxylic acids is 2. The van der Waals surface area contributed by atoms with Crippen molar-refractivity contribution in [1.82, 2.24) is 9.80 Å². The molecule has 0 bridgehead atoms. The van der Waals surface area contributed by atoms with Gasteiger partial charge < -0.3 is 14.5 Å². The van der Waals surface area contributed by atoms with Gasteiger partial charge in [-0.1, -0.05) is 55.3 Å². The van der Waals surface area contributed by atoms with E-state index in [9.17, 15) is 9.59 Å². The number of hydrogen-bond acceptors (Lipinski definition) is 3. The number of aryl methyl sites for hydroxylation is 1. The molecule has 1 saturated carbocycles. The van der Waals surface area contributed by atoms with E-state index in [4.69, 9.17) is 4.74 Å². The van der Waals surface area contributed by atoms with Crippen LogP contribution in [0.3, 0.4) is 0 Å². The molecule has 3 fully saturated rings. The van der Waals surface area contributed by atoms with Crippen molar-refractivity contribution < 1.29 is 14.3 Å². The molecule has 3 aliphatic rings. The van der Waals surface area contributed by atoms with E-state index < -0.39 is 0 Å². The Bertz CT molecular complexity index is 1100. The minimum absolute atomic E-state index is 0.0415. The third-order valence-electron chi connectivity index (χ3n) is 7.78. The van der Waals surface area contributed by atoms with Gasteiger partial charge >= 0.3 is 0 Å². The van der Waals surface area contributed by atoms with Crippen molar-refractivity contribution >= 4 is 17.9 Å². The zero-order valence-corrected chi connectivity index (χ0v) is 20.9. The van der Waals surface area contributed by atoms with Crippen molar-refractivity contribution in [2.24, 2.45) is 5.92 Å². The van der Waals surface area contributed by atoms with Gasteiger partial charge in [-0.25, -0.2) is 0 Å². The number of hydrogen-bond donors (Lipinski definition) is 0. The van der Waals surface area contributed by atoms with Gasteiger partial charge in [-0.2, -0.15) is 0 Å². The first-order valence-electron chi connectivity index (χ1n) is 13.1. The molecular formula is C30H36N2O3. The monoisotopic (exact) mass is 472 g/mol. The number of amides is 2. The van der Waals surface area contributed by atoms with Crippen molar-refractivity contribution in [3.8, 4) is 0 Å². The number of fused-ring (bicyclic) bond motifs is 1. The summed E-state index contributed by atoms with van der Waals surface area (Å²) in [5.74, 6) is 1.15. The molecule has 2 aromatic rings. The Kier molecular flexibility index (Phi) is 6.94. The molecule has 0 spiro atoms. The summed E-state index contributed by atoms with van der Waals surface area (Å²) in [5, 5.41) is 0. The van der Waals surface area contributed by atoms with E-state index in [1.807, 2.05) is 40.1 Å². The van der Waals surface area contributed by atoms with Crippen LogP contribution in [0.5, 0.6) is 0 Å². The number of rotatable bonds is 4. The lowest BCUT2D eigenvalue weighted by molar-refractivity contribution is -0.149. The lowest BCUT2D eigenvalue weighted by Crippen LogP contribution is -2.54. The number of piperidine rings is 1. The quantitative estimate of drug-likeness (QED) is 0.546. The number of benzene rings is 2. The second-order valence-corrected chi connectivity index (χ2v) is 10.5. The van der Waals surface area contributed by atoms with Crippen molar-refractivity contribution in [2.45, 2.75) is 71.1 Å². The summed E-state index contributed by atoms with van der Waals surface area (Å²) in [6.07, 6.45) is 8.24. The first-order valence-corrected chi connectivity index (χ1v) is 13.1. The number of morpholine rings is 1. The SMILES string of the molecule is Cc1cccc(CN2C(=O)/C(=C\c3ccc(C(=O)N4CCC(C)CC4)cc3)OC3CCCCC32)c1. The third-order valence-corrected chi connectivity index (χ3v) is 7.78. The fourth-order valence-corrected chi connectivity index (χ4v) is 5.64. The number of ether oxygens (including phenoxy) is 1. The van der Waals surface area contributed by atoms with Gasteiger partial charge in [0.15, 0.2) is 5.76 Å². The van der Waals surface area contributed by atoms with Crippen molar-refractivity contribution in [2.75, 3.05) is 13.1 Å². The van der Waals surface area contributed by atoms with Gasteiger partial charge in [0.25, 0.3) is 11.8 Å². The molecule has 35 heavy (non-hydrogen) atoms. The minimum Gasteiger partial charge on any atom is -0.482 e. The average molecular weight is 473 g/mol. The van der Waals surface area contributed by atoms with Gasteiger partial charge in [-0.05, 0) is 74.3 Å². The second kappa shape index (κ2) is 10.3. The molecule has 184 valence electrons. The molecular weight excluding hydrogens is 436 g/mol. The summed E-state index contributed by atoms with van der Waals surface area (Å²) in [6, 6.07) is 16.1. The maximum atomic E-state index is 13.6. The number of nitrogens with zero attached hydrogens (tertiary/aromatic N) is 2. The summed E-state index contributed by atoms with van der Waals surface area (Å²) in [4.78, 5) is 30.4. The zero-order chi connectivity index (χ0) is 24.4. The van der Waals surface area contributed by atoms with Crippen LogP contribution in [0.1, 0.15) is 72.5 Å². The summed E-state index contributed by atoms with van der Waals surface area (Å²) in [5.41, 5.74) is 3.93. The Morgan fingerprint density at radius 3 is 2.51 bits per heavy atom. The van der Waals surface area contributed by atoms with E-state index in [0.717, 1.165) is 62.7 Å². The summed E-state index contributed by atoms with van der Waals surface area (Å²) < 4.78 is 6.28. The first-order chi connectivity index (χ1) is 17.0. The highest BCUT2D eigenvalue weighted by Gasteiger charge is 2.41. The van der Waals surface area contributed by atoms with Crippen LogP contribution in [-0.2, 0) is 16.1 Å². The van der Waals surface area contributed by atoms with E-state index in [1.54, 1.807) is 0 Å². The van der Waals surface area contributed by atoms with Crippen LogP contribution in [0.15, 0.2) is 54.3 Å². The van der Waals surface area contributed by atoms with Crippen LogP contribution in [0.4, 0.5) is 0 Å². The molecule has 2 saturated heterocycles. The van der Waals surface area contributed by atoms with Gasteiger partial charge in [0.1, 0.15) is 6.10 Å². The van der Waals surface area contributed by atoms with Crippen molar-refractivity contribution in [1.29, 1.82) is 0 Å². The van der Waals surface area contributed by atoms with Crippen LogP contribution >= 0.6 is 0 Å². The van der Waals surface area contributed by atoms with Gasteiger partial charge in [0.2, 0.25) is 0 Å². The number of carbonyl (C=O) groups is 2. The molecule has 2 amide bonds. The minimum atomic E-state index is -0.0442. The topological polar surface area (TPSA) is 49.9 Å². The molecule has 1 aliphatic carbocycles. The Morgan fingerprint density at radius 2 is 1.77 bits per heavy atom. The molecule has 0 N–H and O–H groups in total. The summed E-state index contributed by atoms with van der Waals surface area (Å²) in [6.45, 7) is 6.58. The molecule has 0 aromatic heterocycles. The van der Waals surface area contributed by atoms with E-state index in [2.05, 4.69) is 38.1 Å². The fraction of sp³-hybridized carbons (Fsp3) is 0.467. The van der Waals surface area contributed by atoms with Gasteiger partial charge in [0, 0.05) is 25.2 Å². The van der Waals surface area contributed by atoms with E-state index in [1.165, 1.54) is 5.56 Å². The summed E-state index contributed by atoms with van der Waals surface area (Å²) >= 11 is 0. The second-order valence-electron chi connectivity index (χ2n) is 10.5. The maximum absolute atomic E-state index is 13.6. The van der Waals surface area contributed by atoms with Gasteiger partial charge in [-0.15, -0.1) is 0 Å². The van der Waals surface area contributed by atoms with E-state index in [0.29, 0.717) is 23.8 Å². The molecule has 2 heterocycles. The van der Waals surface area contributed by atoms with Crippen LogP contribution in [-0.4, -0.2) is 46.8 Å². The lowest BCUT2D eigenvalue weighted by Gasteiger charge is -2.44. The van der Waals surface area contributed by atoms with Crippen LogP contribution in [0.25, 0.3) is 6.08 Å².